The third-order valence-corrected chi connectivity index (χ3v) is 0.926. The molecular formula is C6H13N3. The molecule has 0 aromatic carbocycles. The van der Waals surface area contributed by atoms with Gasteiger partial charge in [0.05, 0.1) is 0 Å². The van der Waals surface area contributed by atoms with Gasteiger partial charge >= 0.3 is 0 Å². The van der Waals surface area contributed by atoms with E-state index >= 15 is 0 Å². The van der Waals surface area contributed by atoms with Crippen molar-refractivity contribution < 1.29 is 0 Å². The Morgan fingerprint density at radius 3 is 2.44 bits per heavy atom. The molecule has 9 heavy (non-hydrogen) atoms. The van der Waals surface area contributed by atoms with Crippen molar-refractivity contribution in [3.8, 4) is 0 Å². The van der Waals surface area contributed by atoms with E-state index < -0.39 is 0 Å². The molecule has 3 heteroatoms. The van der Waals surface area contributed by atoms with Crippen LogP contribution in [0.2, 0.25) is 0 Å². The summed E-state index contributed by atoms with van der Waals surface area (Å²) in [4.78, 5) is 0. The molecule has 0 aromatic heterocycles. The molecule has 0 spiro atoms. The van der Waals surface area contributed by atoms with E-state index in [0.717, 1.165) is 12.1 Å². The Kier molecular flexibility index (Phi) is 3.67. The molecule has 0 unspecified atom stereocenters. The minimum Gasteiger partial charge on any atom is -0.287 e. The number of nitrogens with one attached hydrogen (secondary N) is 2. The number of nitrogens with zero attached hydrogens (tertiary/aromatic N) is 1. The monoisotopic (exact) mass is 127 g/mol. The fourth-order valence-corrected chi connectivity index (χ4v) is 0.258. The van der Waals surface area contributed by atoms with Gasteiger partial charge in [-0.3, -0.25) is 10.8 Å². The zero-order chi connectivity index (χ0) is 7.28. The smallest absolute Gasteiger partial charge is 0.111 e. The zero-order valence-electron chi connectivity index (χ0n) is 6.15. The lowest BCUT2D eigenvalue weighted by molar-refractivity contribution is 0.984. The summed E-state index contributed by atoms with van der Waals surface area (Å²) >= 11 is 0. The number of amidine groups is 1. The van der Waals surface area contributed by atoms with E-state index in [1.807, 2.05) is 13.8 Å². The Labute approximate surface area is 55.7 Å². The molecule has 0 radical (unpaired) electrons. The van der Waals surface area contributed by atoms with Crippen LogP contribution in [0.3, 0.4) is 0 Å². The lowest BCUT2D eigenvalue weighted by Gasteiger charge is -1.96. The summed E-state index contributed by atoms with van der Waals surface area (Å²) in [6.45, 7) is 5.61. The predicted octanol–water partition coefficient (Wildman–Crippen LogP) is 1.36. The second kappa shape index (κ2) is 4.06. The second-order valence-electron chi connectivity index (χ2n) is 1.94. The highest BCUT2D eigenvalue weighted by Gasteiger charge is 1.83. The molecule has 0 aliphatic heterocycles. The summed E-state index contributed by atoms with van der Waals surface area (Å²) in [5.41, 5.74) is 3.58. The molecule has 52 valence electrons. The van der Waals surface area contributed by atoms with Crippen molar-refractivity contribution in [1.82, 2.24) is 5.43 Å². The number of hydrazone groups is 1. The van der Waals surface area contributed by atoms with E-state index in [0.29, 0.717) is 5.84 Å². The SMILES string of the molecule is CC/C(C)=N/NC(C)=N. The summed E-state index contributed by atoms with van der Waals surface area (Å²) < 4.78 is 0. The van der Waals surface area contributed by atoms with E-state index in [1.54, 1.807) is 6.92 Å². The summed E-state index contributed by atoms with van der Waals surface area (Å²) in [6, 6.07) is 0. The first-order valence-electron chi connectivity index (χ1n) is 3.01. The standard InChI is InChI=1S/C6H13N3/c1-4-5(2)8-9-6(3)7/h4H2,1-3H3,(H2,7,9)/b8-5+. The molecule has 0 heterocycles. The van der Waals surface area contributed by atoms with Crippen molar-refractivity contribution >= 4 is 11.5 Å². The maximum Gasteiger partial charge on any atom is 0.111 e. The lowest BCUT2D eigenvalue weighted by atomic mass is 10.3. The van der Waals surface area contributed by atoms with Crippen LogP contribution in [0, 0.1) is 5.41 Å². The first-order valence-corrected chi connectivity index (χ1v) is 3.01. The van der Waals surface area contributed by atoms with Gasteiger partial charge in [-0.25, -0.2) is 0 Å². The number of hydrogen-bond donors (Lipinski definition) is 2. The second-order valence-corrected chi connectivity index (χ2v) is 1.94. The van der Waals surface area contributed by atoms with Crippen LogP contribution in [0.4, 0.5) is 0 Å². The highest BCUT2D eigenvalue weighted by Crippen LogP contribution is 1.80. The van der Waals surface area contributed by atoms with Crippen LogP contribution < -0.4 is 5.43 Å². The Balaban J connectivity index is 3.56. The Hall–Kier alpha value is -0.860. The van der Waals surface area contributed by atoms with E-state index in [2.05, 4.69) is 10.5 Å². The molecule has 0 aliphatic carbocycles. The van der Waals surface area contributed by atoms with Crippen LogP contribution in [-0.4, -0.2) is 11.5 Å². The lowest BCUT2D eigenvalue weighted by Crippen LogP contribution is -2.13. The number of rotatable bonds is 2. The van der Waals surface area contributed by atoms with Gasteiger partial charge in [-0.1, -0.05) is 6.92 Å². The maximum atomic E-state index is 6.94. The van der Waals surface area contributed by atoms with E-state index in [-0.39, 0.29) is 0 Å². The van der Waals surface area contributed by atoms with E-state index in [1.165, 1.54) is 0 Å². The summed E-state index contributed by atoms with van der Waals surface area (Å²) in [6.07, 6.45) is 0.931. The molecular weight excluding hydrogens is 114 g/mol. The Morgan fingerprint density at radius 1 is 1.56 bits per heavy atom. The summed E-state index contributed by atoms with van der Waals surface area (Å²) in [5, 5.41) is 10.8. The molecule has 0 atom stereocenters. The highest BCUT2D eigenvalue weighted by molar-refractivity contribution is 5.84. The summed E-state index contributed by atoms with van der Waals surface area (Å²) in [5.74, 6) is 0.378. The van der Waals surface area contributed by atoms with Gasteiger partial charge in [-0.05, 0) is 20.3 Å². The first-order chi connectivity index (χ1) is 4.16. The van der Waals surface area contributed by atoms with Crippen LogP contribution in [-0.2, 0) is 0 Å². The van der Waals surface area contributed by atoms with Crippen molar-refractivity contribution in [2.24, 2.45) is 5.10 Å². The van der Waals surface area contributed by atoms with Gasteiger partial charge in [-0.2, -0.15) is 5.10 Å². The van der Waals surface area contributed by atoms with Gasteiger partial charge in [0.25, 0.3) is 0 Å². The maximum absolute atomic E-state index is 6.94. The molecule has 0 rings (SSSR count). The number of hydrogen-bond acceptors (Lipinski definition) is 2. The molecule has 0 aliphatic rings. The molecule has 3 nitrogen and oxygen atoms in total. The molecule has 0 aromatic rings. The Bertz CT molecular complexity index is 126. The van der Waals surface area contributed by atoms with Crippen molar-refractivity contribution in [3.63, 3.8) is 0 Å². The fraction of sp³-hybridized carbons (Fsp3) is 0.667. The van der Waals surface area contributed by atoms with Crippen LogP contribution in [0.1, 0.15) is 27.2 Å². The highest BCUT2D eigenvalue weighted by atomic mass is 15.3. The van der Waals surface area contributed by atoms with Crippen LogP contribution >= 0.6 is 0 Å². The molecule has 0 bridgehead atoms. The molecule has 0 saturated carbocycles. The quantitative estimate of drug-likeness (QED) is 0.328. The predicted molar refractivity (Wildman–Crippen MR) is 39.9 cm³/mol. The molecule has 0 saturated heterocycles. The van der Waals surface area contributed by atoms with Gasteiger partial charge in [0.1, 0.15) is 5.84 Å². The van der Waals surface area contributed by atoms with Crippen molar-refractivity contribution in [1.29, 1.82) is 5.41 Å². The zero-order valence-corrected chi connectivity index (χ0v) is 6.15. The van der Waals surface area contributed by atoms with Gasteiger partial charge in [0, 0.05) is 5.71 Å². The molecule has 0 fully saturated rings. The van der Waals surface area contributed by atoms with Gasteiger partial charge in [0.15, 0.2) is 0 Å². The largest absolute Gasteiger partial charge is 0.287 e. The third-order valence-electron chi connectivity index (χ3n) is 0.926. The average Bonchev–Trinajstić information content (AvgIpc) is 1.83. The van der Waals surface area contributed by atoms with Crippen molar-refractivity contribution in [3.05, 3.63) is 0 Å². The molecule has 0 amide bonds. The van der Waals surface area contributed by atoms with E-state index in [9.17, 15) is 0 Å². The Morgan fingerprint density at radius 2 is 2.11 bits per heavy atom. The van der Waals surface area contributed by atoms with Gasteiger partial charge in [-0.15, -0.1) is 0 Å². The normalized spacial score (nSPS) is 11.2. The van der Waals surface area contributed by atoms with Crippen molar-refractivity contribution in [2.75, 3.05) is 0 Å². The van der Waals surface area contributed by atoms with Crippen LogP contribution in [0.25, 0.3) is 0 Å². The van der Waals surface area contributed by atoms with Crippen LogP contribution in [0.5, 0.6) is 0 Å². The fourth-order valence-electron chi connectivity index (χ4n) is 0.258. The average molecular weight is 127 g/mol. The van der Waals surface area contributed by atoms with Crippen LogP contribution in [0.15, 0.2) is 5.10 Å². The molecule has 2 N–H and O–H groups in total. The van der Waals surface area contributed by atoms with Gasteiger partial charge in [0.2, 0.25) is 0 Å². The minimum absolute atomic E-state index is 0.378. The summed E-state index contributed by atoms with van der Waals surface area (Å²) in [7, 11) is 0. The first kappa shape index (κ1) is 8.14. The van der Waals surface area contributed by atoms with Crippen molar-refractivity contribution in [2.45, 2.75) is 27.2 Å². The topological polar surface area (TPSA) is 48.2 Å². The third kappa shape index (κ3) is 5.00. The van der Waals surface area contributed by atoms with E-state index in [4.69, 9.17) is 5.41 Å². The minimum atomic E-state index is 0.378. The van der Waals surface area contributed by atoms with Gasteiger partial charge < -0.3 is 0 Å².